The van der Waals surface area contributed by atoms with Gasteiger partial charge in [0.05, 0.1) is 6.33 Å². The predicted molar refractivity (Wildman–Crippen MR) is 59.0 cm³/mol. The summed E-state index contributed by atoms with van der Waals surface area (Å²) in [5.74, 6) is 0.666. The summed E-state index contributed by atoms with van der Waals surface area (Å²) in [5, 5.41) is 3.28. The Morgan fingerprint density at radius 3 is 3.27 bits per heavy atom. The maximum Gasteiger partial charge on any atom is 0.252 e. The van der Waals surface area contributed by atoms with Crippen LogP contribution in [0, 0.1) is 0 Å². The van der Waals surface area contributed by atoms with Gasteiger partial charge in [-0.2, -0.15) is 0 Å². The Bertz CT molecular complexity index is 376. The van der Waals surface area contributed by atoms with Gasteiger partial charge in [-0.1, -0.05) is 0 Å². The largest absolute Gasteiger partial charge is 0.366 e. The van der Waals surface area contributed by atoms with Crippen LogP contribution in [0.15, 0.2) is 17.2 Å². The van der Waals surface area contributed by atoms with Crippen molar-refractivity contribution in [2.75, 3.05) is 25.5 Å². The van der Waals surface area contributed by atoms with E-state index in [-0.39, 0.29) is 5.56 Å². The molecule has 2 heterocycles. The van der Waals surface area contributed by atoms with E-state index in [0.717, 1.165) is 19.5 Å². The number of rotatable bonds is 2. The molecule has 1 atom stereocenters. The molecule has 0 spiro atoms. The Morgan fingerprint density at radius 1 is 1.67 bits per heavy atom. The Kier molecular flexibility index (Phi) is 3.01. The summed E-state index contributed by atoms with van der Waals surface area (Å²) in [7, 11) is 2.11. The lowest BCUT2D eigenvalue weighted by Crippen LogP contribution is -2.40. The number of anilines is 1. The second kappa shape index (κ2) is 4.44. The number of H-pyrrole nitrogens is 1. The minimum atomic E-state index is -0.114. The number of aromatic amines is 1. The molecule has 2 N–H and O–H groups in total. The molecule has 0 aromatic carbocycles. The van der Waals surface area contributed by atoms with Gasteiger partial charge in [0.25, 0.3) is 5.56 Å². The minimum absolute atomic E-state index is 0.114. The van der Waals surface area contributed by atoms with Crippen LogP contribution < -0.4 is 10.9 Å². The summed E-state index contributed by atoms with van der Waals surface area (Å²) < 4.78 is 0. The first-order chi connectivity index (χ1) is 7.24. The molecule has 5 heteroatoms. The summed E-state index contributed by atoms with van der Waals surface area (Å²) in [6.45, 7) is 2.16. The number of hydrogen-bond donors (Lipinski definition) is 2. The van der Waals surface area contributed by atoms with Crippen LogP contribution in [0.25, 0.3) is 0 Å². The highest BCUT2D eigenvalue weighted by molar-refractivity contribution is 5.33. The van der Waals surface area contributed by atoms with Gasteiger partial charge < -0.3 is 15.2 Å². The van der Waals surface area contributed by atoms with Crippen molar-refractivity contribution in [1.29, 1.82) is 0 Å². The molecular weight excluding hydrogens is 192 g/mol. The van der Waals surface area contributed by atoms with E-state index in [1.807, 2.05) is 0 Å². The van der Waals surface area contributed by atoms with E-state index in [1.54, 1.807) is 0 Å². The molecule has 2 rings (SSSR count). The lowest BCUT2D eigenvalue weighted by atomic mass is 10.1. The van der Waals surface area contributed by atoms with Crippen LogP contribution in [-0.4, -0.2) is 41.0 Å². The van der Waals surface area contributed by atoms with Crippen LogP contribution in [0.3, 0.4) is 0 Å². The summed E-state index contributed by atoms with van der Waals surface area (Å²) in [4.78, 5) is 19.9. The molecule has 0 radical (unpaired) electrons. The Balaban J connectivity index is 1.99. The van der Waals surface area contributed by atoms with Gasteiger partial charge >= 0.3 is 0 Å². The van der Waals surface area contributed by atoms with Crippen molar-refractivity contribution in [1.82, 2.24) is 14.9 Å². The van der Waals surface area contributed by atoms with E-state index in [9.17, 15) is 4.79 Å². The molecule has 0 saturated carbocycles. The zero-order valence-corrected chi connectivity index (χ0v) is 8.86. The fourth-order valence-corrected chi connectivity index (χ4v) is 1.94. The van der Waals surface area contributed by atoms with Crippen LogP contribution >= 0.6 is 0 Å². The molecule has 1 aliphatic rings. The normalized spacial score (nSPS) is 22.6. The fourth-order valence-electron chi connectivity index (χ4n) is 1.94. The standard InChI is InChI=1S/C10H16N4O/c1-14-4-2-3-8(6-14)13-9-5-10(15)12-7-11-9/h5,7-8H,2-4,6H2,1H3,(H2,11,12,13,15). The zero-order chi connectivity index (χ0) is 10.7. The van der Waals surface area contributed by atoms with Gasteiger partial charge in [-0.05, 0) is 26.4 Å². The first kappa shape index (κ1) is 10.2. The number of likely N-dealkylation sites (tertiary alicyclic amines) is 1. The number of likely N-dealkylation sites (N-methyl/N-ethyl adjacent to an activating group) is 1. The van der Waals surface area contributed by atoms with Gasteiger partial charge in [-0.3, -0.25) is 4.79 Å². The molecule has 1 saturated heterocycles. The van der Waals surface area contributed by atoms with Gasteiger partial charge in [-0.15, -0.1) is 0 Å². The Morgan fingerprint density at radius 2 is 2.53 bits per heavy atom. The maximum atomic E-state index is 11.1. The van der Waals surface area contributed by atoms with Gasteiger partial charge in [0.15, 0.2) is 0 Å². The summed E-state index contributed by atoms with van der Waals surface area (Å²) >= 11 is 0. The lowest BCUT2D eigenvalue weighted by molar-refractivity contribution is 0.260. The van der Waals surface area contributed by atoms with Crippen molar-refractivity contribution in [3.05, 3.63) is 22.7 Å². The van der Waals surface area contributed by atoms with Gasteiger partial charge in [0.1, 0.15) is 5.82 Å². The average Bonchev–Trinajstić information content (AvgIpc) is 2.17. The molecule has 82 valence electrons. The lowest BCUT2D eigenvalue weighted by Gasteiger charge is -2.30. The van der Waals surface area contributed by atoms with Crippen LogP contribution in [0.1, 0.15) is 12.8 Å². The third-order valence-electron chi connectivity index (χ3n) is 2.65. The SMILES string of the molecule is CN1CCCC(Nc2cc(=O)[nH]cn2)C1. The number of hydrogen-bond acceptors (Lipinski definition) is 4. The molecule has 0 aliphatic carbocycles. The number of aromatic nitrogens is 2. The molecule has 15 heavy (non-hydrogen) atoms. The molecule has 5 nitrogen and oxygen atoms in total. The smallest absolute Gasteiger partial charge is 0.252 e. The first-order valence-electron chi connectivity index (χ1n) is 5.24. The maximum absolute atomic E-state index is 11.1. The number of nitrogens with zero attached hydrogens (tertiary/aromatic N) is 2. The van der Waals surface area contributed by atoms with Gasteiger partial charge in [-0.25, -0.2) is 4.98 Å². The average molecular weight is 208 g/mol. The number of piperidine rings is 1. The molecule has 1 aromatic heterocycles. The highest BCUT2D eigenvalue weighted by Gasteiger charge is 2.16. The zero-order valence-electron chi connectivity index (χ0n) is 8.86. The molecule has 1 aromatic rings. The van der Waals surface area contributed by atoms with Crippen molar-refractivity contribution >= 4 is 5.82 Å². The van der Waals surface area contributed by atoms with Crippen molar-refractivity contribution in [2.45, 2.75) is 18.9 Å². The summed E-state index contributed by atoms with van der Waals surface area (Å²) in [6, 6.07) is 1.90. The van der Waals surface area contributed by atoms with E-state index in [1.165, 1.54) is 18.8 Å². The molecule has 0 bridgehead atoms. The molecule has 1 unspecified atom stereocenters. The molecule has 1 aliphatic heterocycles. The van der Waals surface area contributed by atoms with Crippen molar-refractivity contribution in [2.24, 2.45) is 0 Å². The first-order valence-corrected chi connectivity index (χ1v) is 5.24. The molecule has 0 amide bonds. The van der Waals surface area contributed by atoms with E-state index < -0.39 is 0 Å². The highest BCUT2D eigenvalue weighted by Crippen LogP contribution is 2.11. The van der Waals surface area contributed by atoms with E-state index in [0.29, 0.717) is 11.9 Å². The van der Waals surface area contributed by atoms with Crippen molar-refractivity contribution < 1.29 is 0 Å². The topological polar surface area (TPSA) is 61.0 Å². The van der Waals surface area contributed by atoms with E-state index in [4.69, 9.17) is 0 Å². The predicted octanol–water partition coefficient (Wildman–Crippen LogP) is 0.276. The van der Waals surface area contributed by atoms with Crippen LogP contribution in [0.4, 0.5) is 5.82 Å². The van der Waals surface area contributed by atoms with Gasteiger partial charge in [0.2, 0.25) is 0 Å². The van der Waals surface area contributed by atoms with Crippen LogP contribution in [-0.2, 0) is 0 Å². The second-order valence-electron chi connectivity index (χ2n) is 4.04. The number of nitrogens with one attached hydrogen (secondary N) is 2. The summed E-state index contributed by atoms with van der Waals surface area (Å²) in [5.41, 5.74) is -0.114. The monoisotopic (exact) mass is 208 g/mol. The third-order valence-corrected chi connectivity index (χ3v) is 2.65. The van der Waals surface area contributed by atoms with Crippen LogP contribution in [0.2, 0.25) is 0 Å². The van der Waals surface area contributed by atoms with E-state index >= 15 is 0 Å². The highest BCUT2D eigenvalue weighted by atomic mass is 16.1. The van der Waals surface area contributed by atoms with Crippen molar-refractivity contribution in [3.8, 4) is 0 Å². The third kappa shape index (κ3) is 2.79. The van der Waals surface area contributed by atoms with Crippen LogP contribution in [0.5, 0.6) is 0 Å². The minimum Gasteiger partial charge on any atom is -0.366 e. The fraction of sp³-hybridized carbons (Fsp3) is 0.600. The Hall–Kier alpha value is -1.36. The van der Waals surface area contributed by atoms with Gasteiger partial charge in [0, 0.05) is 18.7 Å². The molecule has 1 fully saturated rings. The Labute approximate surface area is 88.5 Å². The molecular formula is C10H16N4O. The van der Waals surface area contributed by atoms with Crippen molar-refractivity contribution in [3.63, 3.8) is 0 Å². The quantitative estimate of drug-likeness (QED) is 0.732. The second-order valence-corrected chi connectivity index (χ2v) is 4.04. The summed E-state index contributed by atoms with van der Waals surface area (Å²) in [6.07, 6.45) is 3.76. The van der Waals surface area contributed by atoms with E-state index in [2.05, 4.69) is 27.2 Å².